The van der Waals surface area contributed by atoms with Gasteiger partial charge in [-0.25, -0.2) is 9.79 Å². The van der Waals surface area contributed by atoms with Crippen molar-refractivity contribution in [2.24, 2.45) is 0 Å². The number of hydrogen-bond donors (Lipinski definition) is 2. The molecule has 0 saturated heterocycles. The van der Waals surface area contributed by atoms with Crippen molar-refractivity contribution >= 4 is 17.2 Å². The molecule has 1 aromatic carbocycles. The van der Waals surface area contributed by atoms with Crippen molar-refractivity contribution in [3.63, 3.8) is 0 Å². The van der Waals surface area contributed by atoms with E-state index < -0.39 is 17.2 Å². The van der Waals surface area contributed by atoms with Crippen LogP contribution in [0, 0.1) is 0 Å². The summed E-state index contributed by atoms with van der Waals surface area (Å²) in [7, 11) is 0. The van der Waals surface area contributed by atoms with Gasteiger partial charge in [0.05, 0.1) is 0 Å². The molecule has 0 spiro atoms. The molecule has 0 bridgehead atoms. The van der Waals surface area contributed by atoms with Gasteiger partial charge in [-0.3, -0.25) is 14.2 Å². The van der Waals surface area contributed by atoms with E-state index in [-0.39, 0.29) is 39.3 Å². The average Bonchev–Trinajstić information content (AvgIpc) is 2.36. The van der Waals surface area contributed by atoms with E-state index in [9.17, 15) is 13.6 Å². The number of hydroxylamine groups is 1. The SMILES string of the molecule is O=C(NO)c1ccc2c(c1)CN(S(=O)[O-])CC2.[Y]. The Balaban J connectivity index is 0.00000162. The molecule has 0 saturated carbocycles. The Kier molecular flexibility index (Phi) is 6.03. The van der Waals surface area contributed by atoms with Gasteiger partial charge in [0.1, 0.15) is 0 Å². The first kappa shape index (κ1) is 15.9. The third-order valence-electron chi connectivity index (χ3n) is 2.76. The number of hydrogen-bond acceptors (Lipinski definition) is 4. The molecular formula is C10H11N2O4SY-. The number of nitrogens with one attached hydrogen (secondary N) is 1. The molecule has 6 nitrogen and oxygen atoms in total. The molecule has 2 N–H and O–H groups in total. The molecule has 1 unspecified atom stereocenters. The maximum absolute atomic E-state index is 11.2. The molecule has 1 aliphatic rings. The van der Waals surface area contributed by atoms with Crippen LogP contribution in [0.3, 0.4) is 0 Å². The fourth-order valence-electron chi connectivity index (χ4n) is 1.86. The number of nitrogens with zero attached hydrogens (tertiary/aromatic N) is 1. The Hall–Kier alpha value is -0.176. The van der Waals surface area contributed by atoms with Crippen LogP contribution in [-0.4, -0.2) is 30.7 Å². The molecule has 95 valence electrons. The Morgan fingerprint density at radius 1 is 1.44 bits per heavy atom. The summed E-state index contributed by atoms with van der Waals surface area (Å²) < 4.78 is 23.0. The molecule has 1 aromatic rings. The molecule has 1 atom stereocenters. The number of rotatable bonds is 2. The minimum atomic E-state index is -2.24. The summed E-state index contributed by atoms with van der Waals surface area (Å²) in [5.74, 6) is -0.604. The topological polar surface area (TPSA) is 92.7 Å². The van der Waals surface area contributed by atoms with Crippen LogP contribution >= 0.6 is 0 Å². The standard InChI is InChI=1S/C10H12N2O4S.Y/c13-10(11-14)8-2-1-7-3-4-12(17(15)16)6-9(7)5-8;/h1-2,5,14H,3-4,6H2,(H,11,13)(H,15,16);/p-1. The molecule has 0 aromatic heterocycles. The summed E-state index contributed by atoms with van der Waals surface area (Å²) in [6.07, 6.45) is 0.629. The normalized spacial score (nSPS) is 16.3. The molecule has 1 aliphatic heterocycles. The second-order valence-corrected chi connectivity index (χ2v) is 4.71. The van der Waals surface area contributed by atoms with Crippen LogP contribution in [0.2, 0.25) is 0 Å². The van der Waals surface area contributed by atoms with Crippen LogP contribution in [-0.2, 0) is 56.9 Å². The third-order valence-corrected chi connectivity index (χ3v) is 3.49. The Bertz CT molecular complexity index is 483. The monoisotopic (exact) mass is 344 g/mol. The van der Waals surface area contributed by atoms with Crippen LogP contribution in [0.15, 0.2) is 18.2 Å². The van der Waals surface area contributed by atoms with Crippen molar-refractivity contribution in [1.29, 1.82) is 0 Å². The van der Waals surface area contributed by atoms with Gasteiger partial charge in [0.2, 0.25) is 0 Å². The minimum Gasteiger partial charge on any atom is -0.760 e. The Morgan fingerprint density at radius 3 is 2.78 bits per heavy atom. The second kappa shape index (κ2) is 6.84. The van der Waals surface area contributed by atoms with Gasteiger partial charge in [-0.05, 0) is 29.7 Å². The van der Waals surface area contributed by atoms with Crippen molar-refractivity contribution in [2.75, 3.05) is 6.54 Å². The molecular weight excluding hydrogens is 333 g/mol. The van der Waals surface area contributed by atoms with E-state index in [4.69, 9.17) is 5.21 Å². The van der Waals surface area contributed by atoms with Gasteiger partial charge < -0.3 is 4.55 Å². The van der Waals surface area contributed by atoms with Crippen LogP contribution in [0.5, 0.6) is 0 Å². The summed E-state index contributed by atoms with van der Waals surface area (Å²) in [4.78, 5) is 11.2. The first-order valence-electron chi connectivity index (χ1n) is 5.02. The quantitative estimate of drug-likeness (QED) is 0.447. The smallest absolute Gasteiger partial charge is 0.274 e. The van der Waals surface area contributed by atoms with Crippen molar-refractivity contribution < 1.29 is 51.5 Å². The number of carbonyl (C=O) groups is 1. The maximum Gasteiger partial charge on any atom is 0.274 e. The van der Waals surface area contributed by atoms with Gasteiger partial charge in [0.15, 0.2) is 0 Å². The predicted molar refractivity (Wildman–Crippen MR) is 58.7 cm³/mol. The molecule has 1 heterocycles. The van der Waals surface area contributed by atoms with E-state index in [0.717, 1.165) is 11.1 Å². The third kappa shape index (κ3) is 3.43. The zero-order valence-corrected chi connectivity index (χ0v) is 13.1. The number of fused-ring (bicyclic) bond motifs is 1. The second-order valence-electron chi connectivity index (χ2n) is 3.76. The molecule has 1 amide bonds. The Morgan fingerprint density at radius 2 is 2.17 bits per heavy atom. The number of amides is 1. The number of benzene rings is 1. The summed E-state index contributed by atoms with van der Waals surface area (Å²) in [5.41, 5.74) is 3.68. The van der Waals surface area contributed by atoms with E-state index in [1.807, 2.05) is 0 Å². The van der Waals surface area contributed by atoms with Crippen LogP contribution < -0.4 is 5.48 Å². The van der Waals surface area contributed by atoms with Crippen molar-refractivity contribution in [3.8, 4) is 0 Å². The fraction of sp³-hybridized carbons (Fsp3) is 0.300. The van der Waals surface area contributed by atoms with Crippen molar-refractivity contribution in [3.05, 3.63) is 34.9 Å². The summed E-state index contributed by atoms with van der Waals surface area (Å²) in [6.45, 7) is 0.715. The largest absolute Gasteiger partial charge is 0.760 e. The van der Waals surface area contributed by atoms with Gasteiger partial charge in [0, 0.05) is 62.6 Å². The molecule has 8 heteroatoms. The predicted octanol–water partition coefficient (Wildman–Crippen LogP) is -0.0447. The molecule has 18 heavy (non-hydrogen) atoms. The maximum atomic E-state index is 11.2. The van der Waals surface area contributed by atoms with Crippen molar-refractivity contribution in [1.82, 2.24) is 9.79 Å². The zero-order valence-electron chi connectivity index (χ0n) is 9.46. The average molecular weight is 344 g/mol. The van der Waals surface area contributed by atoms with Crippen LogP contribution in [0.25, 0.3) is 0 Å². The van der Waals surface area contributed by atoms with E-state index in [1.165, 1.54) is 4.31 Å². The first-order chi connectivity index (χ1) is 8.11. The Labute approximate surface area is 132 Å². The van der Waals surface area contributed by atoms with Crippen LogP contribution in [0.1, 0.15) is 21.5 Å². The van der Waals surface area contributed by atoms with Crippen molar-refractivity contribution in [2.45, 2.75) is 13.0 Å². The first-order valence-corrected chi connectivity index (χ1v) is 6.05. The molecule has 2 rings (SSSR count). The molecule has 0 fully saturated rings. The summed E-state index contributed by atoms with van der Waals surface area (Å²) in [6, 6.07) is 4.99. The fourth-order valence-corrected chi connectivity index (χ4v) is 2.35. The van der Waals surface area contributed by atoms with Gasteiger partial charge in [-0.1, -0.05) is 6.07 Å². The van der Waals surface area contributed by atoms with E-state index in [0.29, 0.717) is 18.5 Å². The molecule has 1 radical (unpaired) electrons. The van der Waals surface area contributed by atoms with Gasteiger partial charge in [-0.15, -0.1) is 0 Å². The van der Waals surface area contributed by atoms with Gasteiger partial charge in [0.25, 0.3) is 5.91 Å². The van der Waals surface area contributed by atoms with E-state index in [2.05, 4.69) is 0 Å². The summed E-state index contributed by atoms with van der Waals surface area (Å²) in [5, 5.41) is 8.52. The minimum absolute atomic E-state index is 0. The molecule has 0 aliphatic carbocycles. The number of carbonyl (C=O) groups excluding carboxylic acids is 1. The van der Waals surface area contributed by atoms with E-state index in [1.54, 1.807) is 23.7 Å². The van der Waals surface area contributed by atoms with Gasteiger partial charge >= 0.3 is 0 Å². The van der Waals surface area contributed by atoms with Gasteiger partial charge in [-0.2, -0.15) is 0 Å². The zero-order chi connectivity index (χ0) is 12.4. The van der Waals surface area contributed by atoms with E-state index >= 15 is 0 Å². The summed E-state index contributed by atoms with van der Waals surface area (Å²) >= 11 is -2.24. The van der Waals surface area contributed by atoms with Crippen LogP contribution in [0.4, 0.5) is 0 Å².